The molecule has 65 heavy (non-hydrogen) atoms. The van der Waals surface area contributed by atoms with Gasteiger partial charge in [0.15, 0.2) is 0 Å². The van der Waals surface area contributed by atoms with Crippen molar-refractivity contribution in [1.29, 1.82) is 0 Å². The Kier molecular flexibility index (Phi) is 51.9. The average Bonchev–Trinajstić information content (AvgIpc) is 3.30. The Morgan fingerprint density at radius 1 is 0.431 bits per heavy atom. The molecule has 0 aromatic rings. The lowest BCUT2D eigenvalue weighted by atomic mass is 10.0. The molecule has 3 unspecified atom stereocenters. The second-order valence-corrected chi connectivity index (χ2v) is 20.0. The third kappa shape index (κ3) is 48.6. The van der Waals surface area contributed by atoms with Gasteiger partial charge in [-0.1, -0.05) is 257 Å². The predicted molar refractivity (Wildman–Crippen MR) is 283 cm³/mol. The molecule has 0 rings (SSSR count). The Balaban J connectivity index is 4.45. The van der Waals surface area contributed by atoms with Gasteiger partial charge in [-0.25, -0.2) is 0 Å². The molecule has 0 aliphatic rings. The van der Waals surface area contributed by atoms with E-state index < -0.39 is 18.2 Å². The lowest BCUT2D eigenvalue weighted by Crippen LogP contribution is -2.46. The van der Waals surface area contributed by atoms with Crippen molar-refractivity contribution in [2.75, 3.05) is 6.61 Å². The van der Waals surface area contributed by atoms with Crippen molar-refractivity contribution in [2.45, 2.75) is 334 Å². The van der Waals surface area contributed by atoms with Gasteiger partial charge >= 0.3 is 5.97 Å². The van der Waals surface area contributed by atoms with E-state index in [4.69, 9.17) is 4.74 Å². The first-order valence-corrected chi connectivity index (χ1v) is 29.1. The smallest absolute Gasteiger partial charge is 0.306 e. The fourth-order valence-corrected chi connectivity index (χ4v) is 9.08. The Morgan fingerprint density at radius 2 is 0.754 bits per heavy atom. The second kappa shape index (κ2) is 53.3. The summed E-state index contributed by atoms with van der Waals surface area (Å²) in [6, 6.07) is -0.708. The Bertz CT molecular complexity index is 1030. The molecule has 0 aromatic carbocycles. The highest BCUT2D eigenvalue weighted by molar-refractivity contribution is 5.77. The van der Waals surface area contributed by atoms with Crippen LogP contribution in [0, 0.1) is 0 Å². The Hall–Kier alpha value is -1.66. The predicted octanol–water partition coefficient (Wildman–Crippen LogP) is 17.9. The molecule has 0 aromatic heterocycles. The highest BCUT2D eigenvalue weighted by Gasteiger charge is 2.24. The van der Waals surface area contributed by atoms with Gasteiger partial charge in [0.1, 0.15) is 6.10 Å². The number of esters is 1. The highest BCUT2D eigenvalue weighted by atomic mass is 16.5. The van der Waals surface area contributed by atoms with E-state index in [0.29, 0.717) is 19.3 Å². The van der Waals surface area contributed by atoms with Crippen molar-refractivity contribution in [2.24, 2.45) is 0 Å². The Labute approximate surface area is 405 Å². The van der Waals surface area contributed by atoms with Crippen LogP contribution in [0.4, 0.5) is 0 Å². The zero-order valence-corrected chi connectivity index (χ0v) is 43.9. The molecular formula is C59H113NO5. The number of nitrogens with one attached hydrogen (secondary N) is 1. The van der Waals surface area contributed by atoms with E-state index in [1.807, 2.05) is 0 Å². The standard InChI is InChI=1S/C59H113NO5/c1-4-7-10-13-16-19-22-24-26-28-30-32-34-37-40-43-46-49-52-59(64)65-55(50-47-44-41-38-35-21-18-15-12-9-6-3)53-58(63)60-56(54-61)57(62)51-48-45-42-39-36-33-31-29-27-25-23-20-17-14-11-8-5-2/h30,32,38,41,55-57,61-62H,4-29,31,33-37,39-40,42-54H2,1-3H3,(H,60,63)/b32-30+,41-38-. The summed E-state index contributed by atoms with van der Waals surface area (Å²) in [6.07, 6.45) is 62.5. The molecule has 3 N–H and O–H groups in total. The van der Waals surface area contributed by atoms with Crippen LogP contribution in [0.15, 0.2) is 24.3 Å². The lowest BCUT2D eigenvalue weighted by molar-refractivity contribution is -0.151. The van der Waals surface area contributed by atoms with Crippen molar-refractivity contribution in [3.8, 4) is 0 Å². The summed E-state index contributed by atoms with van der Waals surface area (Å²) in [4.78, 5) is 26.2. The van der Waals surface area contributed by atoms with E-state index >= 15 is 0 Å². The second-order valence-electron chi connectivity index (χ2n) is 20.0. The molecule has 0 heterocycles. The fourth-order valence-electron chi connectivity index (χ4n) is 9.08. The minimum Gasteiger partial charge on any atom is -0.462 e. The minimum absolute atomic E-state index is 0.0577. The first kappa shape index (κ1) is 63.3. The van der Waals surface area contributed by atoms with Crippen molar-refractivity contribution in [3.63, 3.8) is 0 Å². The first-order chi connectivity index (χ1) is 32.0. The SMILES string of the molecule is CCCCCCCC/C=C\CCCC(CC(=O)NC(CO)C(O)CCCCCCCCCCCCCCCCCCC)OC(=O)CCCCCCC/C=C/CCCCCCCCCCC. The summed E-state index contributed by atoms with van der Waals surface area (Å²) in [6.45, 7) is 6.50. The van der Waals surface area contributed by atoms with Crippen LogP contribution in [0.3, 0.4) is 0 Å². The van der Waals surface area contributed by atoms with Crippen molar-refractivity contribution < 1.29 is 24.5 Å². The van der Waals surface area contributed by atoms with Crippen molar-refractivity contribution in [1.82, 2.24) is 5.32 Å². The third-order valence-electron chi connectivity index (χ3n) is 13.5. The van der Waals surface area contributed by atoms with E-state index in [0.717, 1.165) is 57.8 Å². The molecule has 384 valence electrons. The maximum absolute atomic E-state index is 13.2. The molecule has 0 saturated carbocycles. The number of hydrogen-bond donors (Lipinski definition) is 3. The quantitative estimate of drug-likeness (QED) is 0.0321. The summed E-state index contributed by atoms with van der Waals surface area (Å²) >= 11 is 0. The number of aliphatic hydroxyl groups is 2. The molecule has 0 radical (unpaired) electrons. The fraction of sp³-hybridized carbons (Fsp3) is 0.898. The van der Waals surface area contributed by atoms with Crippen LogP contribution in [0.2, 0.25) is 0 Å². The van der Waals surface area contributed by atoms with Gasteiger partial charge in [0.05, 0.1) is 25.2 Å². The number of unbranched alkanes of at least 4 members (excludes halogenated alkanes) is 37. The van der Waals surface area contributed by atoms with Crippen LogP contribution < -0.4 is 5.32 Å². The number of carbonyl (C=O) groups excluding carboxylic acids is 2. The topological polar surface area (TPSA) is 95.9 Å². The molecule has 3 atom stereocenters. The molecule has 6 heteroatoms. The average molecular weight is 917 g/mol. The van der Waals surface area contributed by atoms with Crippen LogP contribution in [-0.4, -0.2) is 46.9 Å². The van der Waals surface area contributed by atoms with Gasteiger partial charge in [0.25, 0.3) is 0 Å². The summed E-state index contributed by atoms with van der Waals surface area (Å²) in [7, 11) is 0. The third-order valence-corrected chi connectivity index (χ3v) is 13.5. The number of ether oxygens (including phenoxy) is 1. The van der Waals surface area contributed by atoms with Crippen molar-refractivity contribution in [3.05, 3.63) is 24.3 Å². The van der Waals surface area contributed by atoms with Crippen LogP contribution in [0.5, 0.6) is 0 Å². The first-order valence-electron chi connectivity index (χ1n) is 29.1. The number of allylic oxidation sites excluding steroid dienone is 4. The van der Waals surface area contributed by atoms with E-state index in [-0.39, 0.29) is 24.9 Å². The Morgan fingerprint density at radius 3 is 1.12 bits per heavy atom. The summed E-state index contributed by atoms with van der Waals surface area (Å²) < 4.78 is 5.93. The monoisotopic (exact) mass is 916 g/mol. The van der Waals surface area contributed by atoms with Gasteiger partial charge in [0.2, 0.25) is 5.91 Å². The molecule has 0 aliphatic heterocycles. The van der Waals surface area contributed by atoms with Gasteiger partial charge in [0, 0.05) is 6.42 Å². The summed E-state index contributed by atoms with van der Waals surface area (Å²) in [5.74, 6) is -0.498. The molecular weight excluding hydrogens is 803 g/mol. The van der Waals surface area contributed by atoms with Gasteiger partial charge in [-0.05, 0) is 70.6 Å². The van der Waals surface area contributed by atoms with E-state index in [1.54, 1.807) is 0 Å². The summed E-state index contributed by atoms with van der Waals surface area (Å²) in [5.41, 5.74) is 0. The van der Waals surface area contributed by atoms with Gasteiger partial charge in [-0.15, -0.1) is 0 Å². The van der Waals surface area contributed by atoms with Crippen LogP contribution >= 0.6 is 0 Å². The number of amides is 1. The molecule has 0 bridgehead atoms. The van der Waals surface area contributed by atoms with Crippen molar-refractivity contribution >= 4 is 11.9 Å². The zero-order valence-electron chi connectivity index (χ0n) is 43.9. The van der Waals surface area contributed by atoms with Crippen LogP contribution in [0.1, 0.15) is 316 Å². The molecule has 0 fully saturated rings. The maximum Gasteiger partial charge on any atom is 0.306 e. The largest absolute Gasteiger partial charge is 0.462 e. The number of aliphatic hydroxyl groups excluding tert-OH is 2. The van der Waals surface area contributed by atoms with E-state index in [2.05, 4.69) is 50.4 Å². The molecule has 0 saturated heterocycles. The van der Waals surface area contributed by atoms with E-state index in [9.17, 15) is 19.8 Å². The number of hydrogen-bond acceptors (Lipinski definition) is 5. The molecule has 0 spiro atoms. The van der Waals surface area contributed by atoms with Gasteiger partial charge in [-0.3, -0.25) is 9.59 Å². The number of carbonyl (C=O) groups is 2. The van der Waals surface area contributed by atoms with Gasteiger partial charge in [-0.2, -0.15) is 0 Å². The zero-order chi connectivity index (χ0) is 47.4. The van der Waals surface area contributed by atoms with Crippen LogP contribution in [-0.2, 0) is 14.3 Å². The normalized spacial score (nSPS) is 13.2. The minimum atomic E-state index is -0.793. The van der Waals surface area contributed by atoms with Gasteiger partial charge < -0.3 is 20.3 Å². The van der Waals surface area contributed by atoms with Crippen LogP contribution in [0.25, 0.3) is 0 Å². The lowest BCUT2D eigenvalue weighted by Gasteiger charge is -2.24. The van der Waals surface area contributed by atoms with E-state index in [1.165, 1.54) is 212 Å². The maximum atomic E-state index is 13.2. The summed E-state index contributed by atoms with van der Waals surface area (Å²) in [5, 5.41) is 23.9. The molecule has 0 aliphatic carbocycles. The molecule has 6 nitrogen and oxygen atoms in total. The highest BCUT2D eigenvalue weighted by Crippen LogP contribution is 2.18. The number of rotatable bonds is 53. The molecule has 1 amide bonds.